The van der Waals surface area contributed by atoms with Crippen molar-refractivity contribution in [1.82, 2.24) is 10.1 Å². The molecule has 0 bridgehead atoms. The topological polar surface area (TPSA) is 59.2 Å². The van der Waals surface area contributed by atoms with Crippen LogP contribution in [0, 0.1) is 0 Å². The monoisotopic (exact) mass is 278 g/mol. The summed E-state index contributed by atoms with van der Waals surface area (Å²) in [5.41, 5.74) is 0.332. The SMILES string of the molecule is Oc1ccc(-c2nc(CC(F)(F)F)no2)cc1Cl. The summed E-state index contributed by atoms with van der Waals surface area (Å²) in [5, 5.41) is 12.5. The molecule has 1 N–H and O–H groups in total. The second-order valence-corrected chi connectivity index (χ2v) is 3.88. The number of phenols is 1. The molecule has 0 aliphatic heterocycles. The molecular weight excluding hydrogens is 273 g/mol. The summed E-state index contributed by atoms with van der Waals surface area (Å²) in [6, 6.07) is 4.01. The van der Waals surface area contributed by atoms with Gasteiger partial charge in [-0.1, -0.05) is 16.8 Å². The Kier molecular flexibility index (Phi) is 3.16. The van der Waals surface area contributed by atoms with Gasteiger partial charge in [-0.3, -0.25) is 0 Å². The molecule has 0 aliphatic carbocycles. The van der Waals surface area contributed by atoms with Crippen molar-refractivity contribution in [2.75, 3.05) is 0 Å². The summed E-state index contributed by atoms with van der Waals surface area (Å²) in [7, 11) is 0. The quantitative estimate of drug-likeness (QED) is 0.916. The van der Waals surface area contributed by atoms with Crippen LogP contribution >= 0.6 is 11.6 Å². The number of benzene rings is 1. The Morgan fingerprint density at radius 2 is 2.06 bits per heavy atom. The van der Waals surface area contributed by atoms with Crippen molar-refractivity contribution in [2.24, 2.45) is 0 Å². The van der Waals surface area contributed by atoms with Crippen LogP contribution in [0.15, 0.2) is 22.7 Å². The van der Waals surface area contributed by atoms with E-state index in [-0.39, 0.29) is 16.7 Å². The lowest BCUT2D eigenvalue weighted by Crippen LogP contribution is -2.12. The molecule has 0 radical (unpaired) electrons. The smallest absolute Gasteiger partial charge is 0.396 e. The van der Waals surface area contributed by atoms with Crippen LogP contribution in [-0.2, 0) is 6.42 Å². The van der Waals surface area contributed by atoms with Gasteiger partial charge >= 0.3 is 6.18 Å². The Labute approximate surface area is 104 Å². The average molecular weight is 279 g/mol. The van der Waals surface area contributed by atoms with E-state index in [1.807, 2.05) is 0 Å². The van der Waals surface area contributed by atoms with Gasteiger partial charge in [-0.15, -0.1) is 0 Å². The number of aromatic hydroxyl groups is 1. The Hall–Kier alpha value is -1.76. The van der Waals surface area contributed by atoms with E-state index < -0.39 is 18.4 Å². The van der Waals surface area contributed by atoms with E-state index in [9.17, 15) is 18.3 Å². The minimum atomic E-state index is -4.40. The summed E-state index contributed by atoms with van der Waals surface area (Å²) in [5.74, 6) is -0.687. The Balaban J connectivity index is 2.26. The predicted molar refractivity (Wildman–Crippen MR) is 56.2 cm³/mol. The van der Waals surface area contributed by atoms with Crippen LogP contribution in [0.5, 0.6) is 5.75 Å². The third kappa shape index (κ3) is 2.92. The van der Waals surface area contributed by atoms with Crippen LogP contribution in [0.3, 0.4) is 0 Å². The summed E-state index contributed by atoms with van der Waals surface area (Å²) in [4.78, 5) is 3.60. The number of halogens is 4. The van der Waals surface area contributed by atoms with Gasteiger partial charge in [-0.05, 0) is 18.2 Å². The van der Waals surface area contributed by atoms with Crippen molar-refractivity contribution in [3.63, 3.8) is 0 Å². The van der Waals surface area contributed by atoms with Gasteiger partial charge in [0.15, 0.2) is 5.82 Å². The highest BCUT2D eigenvalue weighted by molar-refractivity contribution is 6.32. The number of hydrogen-bond acceptors (Lipinski definition) is 4. The van der Waals surface area contributed by atoms with E-state index in [0.717, 1.165) is 0 Å². The standard InChI is InChI=1S/C10H6ClF3N2O2/c11-6-3-5(1-2-7(6)17)9-15-8(16-18-9)4-10(12,13)14/h1-3,17H,4H2. The fourth-order valence-electron chi connectivity index (χ4n) is 1.26. The molecule has 0 unspecified atom stereocenters. The second kappa shape index (κ2) is 4.49. The summed E-state index contributed by atoms with van der Waals surface area (Å²) >= 11 is 5.66. The summed E-state index contributed by atoms with van der Waals surface area (Å²) < 4.78 is 41.0. The molecule has 0 saturated heterocycles. The zero-order valence-electron chi connectivity index (χ0n) is 8.70. The molecule has 96 valence electrons. The Morgan fingerprint density at radius 1 is 1.33 bits per heavy atom. The third-order valence-corrected chi connectivity index (χ3v) is 2.32. The number of nitrogens with zero attached hydrogens (tertiary/aromatic N) is 2. The minimum Gasteiger partial charge on any atom is -0.506 e. The van der Waals surface area contributed by atoms with Crippen LogP contribution in [0.2, 0.25) is 5.02 Å². The fraction of sp³-hybridized carbons (Fsp3) is 0.200. The lowest BCUT2D eigenvalue weighted by molar-refractivity contribution is -0.128. The van der Waals surface area contributed by atoms with E-state index in [4.69, 9.17) is 16.1 Å². The van der Waals surface area contributed by atoms with Gasteiger partial charge in [-0.2, -0.15) is 18.2 Å². The van der Waals surface area contributed by atoms with Crippen LogP contribution in [-0.4, -0.2) is 21.4 Å². The normalized spacial score (nSPS) is 11.8. The maximum Gasteiger partial charge on any atom is 0.396 e. The van der Waals surface area contributed by atoms with Gasteiger partial charge in [-0.25, -0.2) is 0 Å². The molecule has 1 aromatic heterocycles. The lowest BCUT2D eigenvalue weighted by Gasteiger charge is -2.00. The number of aromatic nitrogens is 2. The molecule has 18 heavy (non-hydrogen) atoms. The molecule has 0 fully saturated rings. The van der Waals surface area contributed by atoms with Crippen molar-refractivity contribution in [2.45, 2.75) is 12.6 Å². The number of hydrogen-bond donors (Lipinski definition) is 1. The zero-order chi connectivity index (χ0) is 13.3. The molecule has 2 aromatic rings. The largest absolute Gasteiger partial charge is 0.506 e. The van der Waals surface area contributed by atoms with Crippen LogP contribution < -0.4 is 0 Å². The van der Waals surface area contributed by atoms with E-state index in [1.54, 1.807) is 0 Å². The van der Waals surface area contributed by atoms with Crippen LogP contribution in [0.25, 0.3) is 11.5 Å². The molecule has 2 rings (SSSR count). The maximum absolute atomic E-state index is 12.1. The van der Waals surface area contributed by atoms with E-state index >= 15 is 0 Å². The fourth-order valence-corrected chi connectivity index (χ4v) is 1.44. The first-order chi connectivity index (χ1) is 8.35. The van der Waals surface area contributed by atoms with Crippen molar-refractivity contribution >= 4 is 11.6 Å². The number of alkyl halides is 3. The highest BCUT2D eigenvalue weighted by atomic mass is 35.5. The Bertz CT molecular complexity index is 568. The second-order valence-electron chi connectivity index (χ2n) is 3.47. The number of rotatable bonds is 2. The number of phenolic OH excluding ortho intramolecular Hbond substituents is 1. The molecule has 0 saturated carbocycles. The first-order valence-corrected chi connectivity index (χ1v) is 5.11. The molecule has 1 heterocycles. The summed E-state index contributed by atoms with van der Waals surface area (Å²) in [6.45, 7) is 0. The van der Waals surface area contributed by atoms with Crippen molar-refractivity contribution in [3.8, 4) is 17.2 Å². The molecular formula is C10H6ClF3N2O2. The van der Waals surface area contributed by atoms with Gasteiger partial charge in [0, 0.05) is 5.56 Å². The lowest BCUT2D eigenvalue weighted by atomic mass is 10.2. The first-order valence-electron chi connectivity index (χ1n) is 4.73. The van der Waals surface area contributed by atoms with Gasteiger partial charge in [0.25, 0.3) is 5.89 Å². The van der Waals surface area contributed by atoms with Crippen LogP contribution in [0.1, 0.15) is 5.82 Å². The predicted octanol–water partition coefficient (Wildman–Crippen LogP) is 3.20. The van der Waals surface area contributed by atoms with Gasteiger partial charge in [0.2, 0.25) is 0 Å². The van der Waals surface area contributed by atoms with Gasteiger partial charge in [0.1, 0.15) is 12.2 Å². The van der Waals surface area contributed by atoms with Gasteiger partial charge < -0.3 is 9.63 Å². The highest BCUT2D eigenvalue weighted by Crippen LogP contribution is 2.29. The summed E-state index contributed by atoms with van der Waals surface area (Å²) in [6.07, 6.45) is -5.66. The average Bonchev–Trinajstić information content (AvgIpc) is 2.68. The van der Waals surface area contributed by atoms with E-state index in [0.29, 0.717) is 5.56 Å². The molecule has 0 aliphatic rings. The molecule has 0 spiro atoms. The first kappa shape index (κ1) is 12.7. The van der Waals surface area contributed by atoms with Crippen LogP contribution in [0.4, 0.5) is 13.2 Å². The van der Waals surface area contributed by atoms with Crippen molar-refractivity contribution < 1.29 is 22.8 Å². The maximum atomic E-state index is 12.1. The van der Waals surface area contributed by atoms with E-state index in [2.05, 4.69) is 10.1 Å². The molecule has 0 amide bonds. The Morgan fingerprint density at radius 3 is 2.67 bits per heavy atom. The zero-order valence-corrected chi connectivity index (χ0v) is 9.46. The van der Waals surface area contributed by atoms with Crippen molar-refractivity contribution in [1.29, 1.82) is 0 Å². The van der Waals surface area contributed by atoms with E-state index in [1.165, 1.54) is 18.2 Å². The molecule has 4 nitrogen and oxygen atoms in total. The minimum absolute atomic E-state index is 0.0445. The molecule has 1 aromatic carbocycles. The highest BCUT2D eigenvalue weighted by Gasteiger charge is 2.30. The third-order valence-electron chi connectivity index (χ3n) is 2.02. The van der Waals surface area contributed by atoms with Gasteiger partial charge in [0.05, 0.1) is 5.02 Å². The molecule has 0 atom stereocenters. The molecule has 8 heteroatoms. The van der Waals surface area contributed by atoms with Crippen molar-refractivity contribution in [3.05, 3.63) is 29.0 Å².